The van der Waals surface area contributed by atoms with Gasteiger partial charge in [0, 0.05) is 11.9 Å². The number of nitrogens with one attached hydrogen (secondary N) is 1. The average molecular weight is 250 g/mol. The van der Waals surface area contributed by atoms with Crippen molar-refractivity contribution in [2.24, 2.45) is 5.73 Å². The fraction of sp³-hybridized carbons (Fsp3) is 0.286. The third kappa shape index (κ3) is 3.27. The van der Waals surface area contributed by atoms with Crippen LogP contribution in [0.2, 0.25) is 0 Å². The highest BCUT2D eigenvalue weighted by atomic mass is 32.2. The third-order valence-corrected chi connectivity index (χ3v) is 3.87. The predicted octanol–water partition coefficient (Wildman–Crippen LogP) is -0.562. The first-order valence-electron chi connectivity index (χ1n) is 3.94. The van der Waals surface area contributed by atoms with Gasteiger partial charge in [-0.15, -0.1) is 0 Å². The van der Waals surface area contributed by atoms with E-state index in [-0.39, 0.29) is 11.4 Å². The first-order valence-corrected chi connectivity index (χ1v) is 6.36. The molecule has 0 radical (unpaired) electrons. The van der Waals surface area contributed by atoms with Crippen molar-refractivity contribution in [3.8, 4) is 0 Å². The molecule has 0 aliphatic rings. The van der Waals surface area contributed by atoms with Crippen LogP contribution in [0.3, 0.4) is 0 Å². The smallest absolute Gasteiger partial charge is 0.321 e. The number of hydrogen-bond acceptors (Lipinski definition) is 5. The van der Waals surface area contributed by atoms with Gasteiger partial charge in [-0.05, 0) is 11.4 Å². The molecule has 8 heteroatoms. The van der Waals surface area contributed by atoms with E-state index in [1.54, 1.807) is 5.38 Å². The minimum absolute atomic E-state index is 0.116. The standard InChI is InChI=1S/C7H10N2O4S2/c8-6(7(10)11)3-9-15(12,13)5-1-2-14-4-5/h1-2,4,6,9H,3,8H2,(H,10,11). The molecule has 1 heterocycles. The molecule has 1 aromatic rings. The van der Waals surface area contributed by atoms with Crippen LogP contribution in [0.4, 0.5) is 0 Å². The normalized spacial score (nSPS) is 13.7. The van der Waals surface area contributed by atoms with Gasteiger partial charge < -0.3 is 10.8 Å². The van der Waals surface area contributed by atoms with Crippen molar-refractivity contribution in [2.45, 2.75) is 10.9 Å². The zero-order valence-electron chi connectivity index (χ0n) is 7.58. The average Bonchev–Trinajstić information content (AvgIpc) is 2.67. The molecule has 0 bridgehead atoms. The van der Waals surface area contributed by atoms with Crippen LogP contribution in [-0.2, 0) is 14.8 Å². The topological polar surface area (TPSA) is 109 Å². The van der Waals surface area contributed by atoms with Gasteiger partial charge in [-0.3, -0.25) is 4.79 Å². The molecule has 0 aliphatic heterocycles. The number of carbonyl (C=O) groups is 1. The second-order valence-corrected chi connectivity index (χ2v) is 5.30. The van der Waals surface area contributed by atoms with Crippen LogP contribution >= 0.6 is 11.3 Å². The summed E-state index contributed by atoms with van der Waals surface area (Å²) in [5, 5.41) is 11.5. The first kappa shape index (κ1) is 12.1. The minimum Gasteiger partial charge on any atom is -0.480 e. The van der Waals surface area contributed by atoms with Crippen molar-refractivity contribution in [3.05, 3.63) is 16.8 Å². The van der Waals surface area contributed by atoms with Crippen LogP contribution in [0.1, 0.15) is 0 Å². The summed E-state index contributed by atoms with van der Waals surface area (Å²) in [6.45, 7) is -0.326. The Kier molecular flexibility index (Phi) is 3.80. The molecule has 15 heavy (non-hydrogen) atoms. The molecule has 84 valence electrons. The zero-order valence-corrected chi connectivity index (χ0v) is 9.22. The Morgan fingerprint density at radius 1 is 1.67 bits per heavy atom. The molecule has 0 saturated carbocycles. The van der Waals surface area contributed by atoms with Crippen LogP contribution in [0, 0.1) is 0 Å². The lowest BCUT2D eigenvalue weighted by molar-refractivity contribution is -0.138. The van der Waals surface area contributed by atoms with Crippen molar-refractivity contribution in [2.75, 3.05) is 6.54 Å². The molecular weight excluding hydrogens is 240 g/mol. The lowest BCUT2D eigenvalue weighted by Crippen LogP contribution is -2.42. The number of nitrogens with two attached hydrogens (primary N) is 1. The molecule has 1 aromatic heterocycles. The van der Waals surface area contributed by atoms with Gasteiger partial charge in [0.15, 0.2) is 0 Å². The van der Waals surface area contributed by atoms with E-state index < -0.39 is 22.0 Å². The number of hydrogen-bond donors (Lipinski definition) is 3. The Hall–Kier alpha value is -0.960. The van der Waals surface area contributed by atoms with Crippen molar-refractivity contribution in [3.63, 3.8) is 0 Å². The van der Waals surface area contributed by atoms with E-state index in [2.05, 4.69) is 4.72 Å². The van der Waals surface area contributed by atoms with E-state index in [1.807, 2.05) is 0 Å². The van der Waals surface area contributed by atoms with E-state index in [4.69, 9.17) is 10.8 Å². The summed E-state index contributed by atoms with van der Waals surface area (Å²) in [6.07, 6.45) is 0. The summed E-state index contributed by atoms with van der Waals surface area (Å²) >= 11 is 1.24. The molecule has 0 aromatic carbocycles. The first-order chi connectivity index (χ1) is 6.93. The van der Waals surface area contributed by atoms with Gasteiger partial charge in [0.1, 0.15) is 6.04 Å². The number of thiophene rings is 1. The maximum atomic E-state index is 11.5. The van der Waals surface area contributed by atoms with Gasteiger partial charge in [0.25, 0.3) is 0 Å². The van der Waals surface area contributed by atoms with Gasteiger partial charge in [-0.25, -0.2) is 13.1 Å². The summed E-state index contributed by atoms with van der Waals surface area (Å²) in [6, 6.07) is 0.192. The molecule has 6 nitrogen and oxygen atoms in total. The fourth-order valence-electron chi connectivity index (χ4n) is 0.775. The number of carboxylic acid groups (broad SMARTS) is 1. The van der Waals surface area contributed by atoms with E-state index in [1.165, 1.54) is 22.8 Å². The van der Waals surface area contributed by atoms with Crippen molar-refractivity contribution in [1.29, 1.82) is 0 Å². The van der Waals surface area contributed by atoms with E-state index in [0.717, 1.165) is 0 Å². The molecular formula is C7H10N2O4S2. The second-order valence-electron chi connectivity index (χ2n) is 2.76. The number of sulfonamides is 1. The molecule has 1 rings (SSSR count). The van der Waals surface area contributed by atoms with Crippen LogP contribution in [0.5, 0.6) is 0 Å². The Bertz CT molecular complexity index is 426. The molecule has 0 saturated heterocycles. The molecule has 0 spiro atoms. The Balaban J connectivity index is 2.63. The fourth-order valence-corrected chi connectivity index (χ4v) is 2.86. The Labute approximate surface area is 90.8 Å². The number of aliphatic carboxylic acids is 1. The van der Waals surface area contributed by atoms with E-state index in [0.29, 0.717) is 0 Å². The molecule has 0 fully saturated rings. The third-order valence-electron chi connectivity index (χ3n) is 1.62. The highest BCUT2D eigenvalue weighted by Gasteiger charge is 2.18. The van der Waals surface area contributed by atoms with Crippen LogP contribution in [-0.4, -0.2) is 32.1 Å². The van der Waals surface area contributed by atoms with Gasteiger partial charge in [0.05, 0.1) is 4.90 Å². The highest BCUT2D eigenvalue weighted by Crippen LogP contribution is 2.12. The maximum absolute atomic E-state index is 11.5. The Morgan fingerprint density at radius 2 is 2.33 bits per heavy atom. The van der Waals surface area contributed by atoms with Crippen molar-refractivity contribution >= 4 is 27.3 Å². The predicted molar refractivity (Wildman–Crippen MR) is 55.1 cm³/mol. The maximum Gasteiger partial charge on any atom is 0.321 e. The summed E-state index contributed by atoms with van der Waals surface area (Å²) in [4.78, 5) is 10.5. The van der Waals surface area contributed by atoms with E-state index >= 15 is 0 Å². The van der Waals surface area contributed by atoms with Gasteiger partial charge in [-0.1, -0.05) is 0 Å². The van der Waals surface area contributed by atoms with Crippen LogP contribution in [0.15, 0.2) is 21.7 Å². The minimum atomic E-state index is -3.63. The number of carboxylic acids is 1. The zero-order chi connectivity index (χ0) is 11.5. The molecule has 1 unspecified atom stereocenters. The summed E-state index contributed by atoms with van der Waals surface area (Å²) < 4.78 is 25.1. The van der Waals surface area contributed by atoms with Crippen LogP contribution < -0.4 is 10.5 Å². The summed E-state index contributed by atoms with van der Waals surface area (Å²) in [5.74, 6) is -1.25. The van der Waals surface area contributed by atoms with Crippen molar-refractivity contribution < 1.29 is 18.3 Å². The summed E-state index contributed by atoms with van der Waals surface area (Å²) in [5.41, 5.74) is 5.15. The largest absolute Gasteiger partial charge is 0.480 e. The van der Waals surface area contributed by atoms with Crippen molar-refractivity contribution in [1.82, 2.24) is 4.72 Å². The highest BCUT2D eigenvalue weighted by molar-refractivity contribution is 7.89. The quantitative estimate of drug-likeness (QED) is 0.649. The van der Waals surface area contributed by atoms with E-state index in [9.17, 15) is 13.2 Å². The second kappa shape index (κ2) is 4.71. The Morgan fingerprint density at radius 3 is 2.80 bits per heavy atom. The lowest BCUT2D eigenvalue weighted by Gasteiger charge is -2.07. The monoisotopic (exact) mass is 250 g/mol. The van der Waals surface area contributed by atoms with Gasteiger partial charge >= 0.3 is 5.97 Å². The molecule has 1 atom stereocenters. The SMILES string of the molecule is NC(CNS(=O)(=O)c1ccsc1)C(=O)O. The van der Waals surface area contributed by atoms with Gasteiger partial charge in [-0.2, -0.15) is 11.3 Å². The molecule has 4 N–H and O–H groups in total. The lowest BCUT2D eigenvalue weighted by atomic mass is 10.3. The summed E-state index contributed by atoms with van der Waals surface area (Å²) in [7, 11) is -3.63. The van der Waals surface area contributed by atoms with Crippen LogP contribution in [0.25, 0.3) is 0 Å². The molecule has 0 amide bonds. The number of rotatable bonds is 5. The van der Waals surface area contributed by atoms with Gasteiger partial charge in [0.2, 0.25) is 10.0 Å². The molecule has 0 aliphatic carbocycles.